The van der Waals surface area contributed by atoms with Crippen molar-refractivity contribution in [2.45, 2.75) is 123 Å². The first-order valence-corrected chi connectivity index (χ1v) is 14.8. The summed E-state index contributed by atoms with van der Waals surface area (Å²) in [7, 11) is 0. The van der Waals surface area contributed by atoms with Crippen molar-refractivity contribution in [3.8, 4) is 0 Å². The van der Waals surface area contributed by atoms with Crippen molar-refractivity contribution in [1.29, 1.82) is 0 Å². The van der Waals surface area contributed by atoms with Gasteiger partial charge in [0, 0.05) is 11.1 Å². The van der Waals surface area contributed by atoms with Gasteiger partial charge in [-0.2, -0.15) is 0 Å². The Hall–Kier alpha value is -2.26. The summed E-state index contributed by atoms with van der Waals surface area (Å²) in [5.74, 6) is 0.0569. The molecule has 3 N–H and O–H groups in total. The zero-order chi connectivity index (χ0) is 25.8. The molecule has 0 aliphatic rings. The monoisotopic (exact) mass is 507 g/mol. The molecular formula is C34H53NO2. The Morgan fingerprint density at radius 3 is 1.49 bits per heavy atom. The highest BCUT2D eigenvalue weighted by Crippen LogP contribution is 2.18. The van der Waals surface area contributed by atoms with Crippen LogP contribution in [0.1, 0.15) is 143 Å². The van der Waals surface area contributed by atoms with Gasteiger partial charge in [-0.15, -0.1) is 0 Å². The van der Waals surface area contributed by atoms with Gasteiger partial charge in [0.15, 0.2) is 0 Å². The second kappa shape index (κ2) is 20.8. The second-order valence-corrected chi connectivity index (χ2v) is 10.9. The first kappa shape index (κ1) is 32.8. The van der Waals surface area contributed by atoms with Gasteiger partial charge in [-0.1, -0.05) is 165 Å². The number of carbonyl (C=O) groups is 2. The number of rotatable bonds is 21. The highest BCUT2D eigenvalue weighted by Gasteiger charge is 2.20. The fourth-order valence-electron chi connectivity index (χ4n) is 4.97. The molecule has 0 bridgehead atoms. The molecule has 0 saturated heterocycles. The molecular weight excluding hydrogens is 454 g/mol. The molecule has 3 nitrogen and oxygen atoms in total. The molecule has 0 aliphatic carbocycles. The number of aryl methyl sites for hydroxylation is 1. The highest BCUT2D eigenvalue weighted by molar-refractivity contribution is 6.49. The third kappa shape index (κ3) is 14.3. The van der Waals surface area contributed by atoms with Gasteiger partial charge in [-0.25, -0.2) is 0 Å². The van der Waals surface area contributed by atoms with Crippen LogP contribution in [0.5, 0.6) is 0 Å². The quantitative estimate of drug-likeness (QED) is 0.104. The number of hydrogen-bond donors (Lipinski definition) is 1. The minimum atomic E-state index is -0.417. The van der Waals surface area contributed by atoms with Gasteiger partial charge in [0.05, 0.1) is 0 Å². The van der Waals surface area contributed by atoms with E-state index in [4.69, 9.17) is 0 Å². The van der Waals surface area contributed by atoms with Crippen LogP contribution in [0.2, 0.25) is 0 Å². The third-order valence-electron chi connectivity index (χ3n) is 7.23. The lowest BCUT2D eigenvalue weighted by molar-refractivity contribution is 0.0816. The summed E-state index contributed by atoms with van der Waals surface area (Å²) in [6.45, 7) is 4.65. The van der Waals surface area contributed by atoms with Gasteiger partial charge < -0.3 is 6.15 Å². The van der Waals surface area contributed by atoms with Crippen LogP contribution in [0, 0.1) is 5.92 Å². The summed E-state index contributed by atoms with van der Waals surface area (Å²) in [5.41, 5.74) is 2.03. The van der Waals surface area contributed by atoms with Crippen molar-refractivity contribution in [3.63, 3.8) is 0 Å². The van der Waals surface area contributed by atoms with Crippen LogP contribution < -0.4 is 6.15 Å². The van der Waals surface area contributed by atoms with Crippen molar-refractivity contribution >= 4 is 11.6 Å². The van der Waals surface area contributed by atoms with Crippen LogP contribution in [0.3, 0.4) is 0 Å². The van der Waals surface area contributed by atoms with Gasteiger partial charge in [-0.05, 0) is 24.3 Å². The maximum atomic E-state index is 12.8. The average Bonchev–Trinajstić information content (AvgIpc) is 2.90. The van der Waals surface area contributed by atoms with Crippen LogP contribution in [-0.4, -0.2) is 11.6 Å². The van der Waals surface area contributed by atoms with E-state index in [1.54, 1.807) is 30.3 Å². The molecule has 0 amide bonds. The Morgan fingerprint density at radius 2 is 0.973 bits per heavy atom. The van der Waals surface area contributed by atoms with E-state index in [1.807, 2.05) is 24.3 Å². The van der Waals surface area contributed by atoms with E-state index >= 15 is 0 Å². The third-order valence-corrected chi connectivity index (χ3v) is 7.23. The number of Topliss-reactive ketones (excluding diaryl/α,β-unsaturated/α-hetero) is 2. The van der Waals surface area contributed by atoms with Crippen molar-refractivity contribution in [3.05, 3.63) is 71.3 Å². The standard InChI is InChI=1S/C34H50O2.H3N/c1-29(2)23-17-14-12-10-8-6-4-3-5-7-9-11-13-15-18-24-30-25-21-22-28-32(30)34(36)33(35)31-26-19-16-20-27-31;/h16,19-22,25-29H,3-15,17-18,23-24H2,1-2H3;1H3. The molecule has 2 aromatic rings. The number of ketones is 2. The Kier molecular flexibility index (Phi) is 18.4. The number of unbranched alkanes of at least 4 members (excludes halogenated alkanes) is 14. The molecule has 0 saturated carbocycles. The second-order valence-electron chi connectivity index (χ2n) is 10.9. The summed E-state index contributed by atoms with van der Waals surface area (Å²) < 4.78 is 0. The van der Waals surface area contributed by atoms with Crippen molar-refractivity contribution in [1.82, 2.24) is 6.15 Å². The lowest BCUT2D eigenvalue weighted by Gasteiger charge is -2.08. The Labute approximate surface area is 227 Å². The SMILES string of the molecule is CC(C)CCCCCCCCCCCCCCCCCc1ccccc1C(=O)C(=O)c1ccccc1.N. The number of carbonyl (C=O) groups excluding carboxylic acids is 2. The predicted octanol–water partition coefficient (Wildman–Crippen LogP) is 10.4. The lowest BCUT2D eigenvalue weighted by atomic mass is 9.94. The zero-order valence-corrected chi connectivity index (χ0v) is 23.8. The molecule has 2 aromatic carbocycles. The first-order valence-electron chi connectivity index (χ1n) is 14.8. The van der Waals surface area contributed by atoms with E-state index in [2.05, 4.69) is 13.8 Å². The van der Waals surface area contributed by atoms with Gasteiger partial charge in [0.1, 0.15) is 0 Å². The van der Waals surface area contributed by atoms with Crippen LogP contribution in [0.4, 0.5) is 0 Å². The zero-order valence-electron chi connectivity index (χ0n) is 23.8. The van der Waals surface area contributed by atoms with Crippen molar-refractivity contribution < 1.29 is 9.59 Å². The predicted molar refractivity (Wildman–Crippen MR) is 159 cm³/mol. The molecule has 3 heteroatoms. The fourth-order valence-corrected chi connectivity index (χ4v) is 4.97. The molecule has 0 aliphatic heterocycles. The van der Waals surface area contributed by atoms with Crippen molar-refractivity contribution in [2.75, 3.05) is 0 Å². The minimum Gasteiger partial charge on any atom is -0.344 e. The van der Waals surface area contributed by atoms with Crippen LogP contribution in [0.15, 0.2) is 54.6 Å². The van der Waals surface area contributed by atoms with Gasteiger partial charge in [0.2, 0.25) is 11.6 Å². The van der Waals surface area contributed by atoms with Crippen LogP contribution in [-0.2, 0) is 6.42 Å². The van der Waals surface area contributed by atoms with E-state index in [9.17, 15) is 9.59 Å². The smallest absolute Gasteiger partial charge is 0.233 e. The van der Waals surface area contributed by atoms with Crippen molar-refractivity contribution in [2.24, 2.45) is 5.92 Å². The molecule has 0 heterocycles. The molecule has 0 aromatic heterocycles. The topological polar surface area (TPSA) is 69.1 Å². The normalized spacial score (nSPS) is 10.9. The minimum absolute atomic E-state index is 0. The Bertz CT molecular complexity index is 859. The lowest BCUT2D eigenvalue weighted by Crippen LogP contribution is -2.16. The van der Waals surface area contributed by atoms with E-state index in [0.717, 1.165) is 24.3 Å². The fraction of sp³-hybridized carbons (Fsp3) is 0.588. The summed E-state index contributed by atoms with van der Waals surface area (Å²) >= 11 is 0. The summed E-state index contributed by atoms with van der Waals surface area (Å²) in [4.78, 5) is 25.4. The summed E-state index contributed by atoms with van der Waals surface area (Å²) in [6, 6.07) is 16.5. The maximum absolute atomic E-state index is 12.8. The molecule has 0 spiro atoms. The maximum Gasteiger partial charge on any atom is 0.233 e. The summed E-state index contributed by atoms with van der Waals surface area (Å²) in [6.07, 6.45) is 22.6. The van der Waals surface area contributed by atoms with E-state index in [0.29, 0.717) is 11.1 Å². The molecule has 206 valence electrons. The first-order chi connectivity index (χ1) is 17.6. The average molecular weight is 508 g/mol. The van der Waals surface area contributed by atoms with Crippen LogP contribution in [0.25, 0.3) is 0 Å². The van der Waals surface area contributed by atoms with E-state index in [-0.39, 0.29) is 6.15 Å². The van der Waals surface area contributed by atoms with E-state index in [1.165, 1.54) is 96.3 Å². The van der Waals surface area contributed by atoms with E-state index < -0.39 is 11.6 Å². The van der Waals surface area contributed by atoms with Gasteiger partial charge in [-0.3, -0.25) is 9.59 Å². The summed E-state index contributed by atoms with van der Waals surface area (Å²) in [5, 5.41) is 0. The molecule has 0 unspecified atom stereocenters. The Morgan fingerprint density at radius 1 is 0.541 bits per heavy atom. The number of hydrogen-bond acceptors (Lipinski definition) is 3. The van der Waals surface area contributed by atoms with Gasteiger partial charge >= 0.3 is 0 Å². The molecule has 0 radical (unpaired) electrons. The molecule has 0 atom stereocenters. The molecule has 2 rings (SSSR count). The Balaban J connectivity index is 0.00000684. The largest absolute Gasteiger partial charge is 0.344 e. The van der Waals surface area contributed by atoms with Gasteiger partial charge in [0.25, 0.3) is 0 Å². The molecule has 37 heavy (non-hydrogen) atoms. The van der Waals surface area contributed by atoms with Crippen LogP contribution >= 0.6 is 0 Å². The highest BCUT2D eigenvalue weighted by atomic mass is 16.2. The molecule has 0 fully saturated rings. The number of benzene rings is 2.